The predicted octanol–water partition coefficient (Wildman–Crippen LogP) is 3.39. The van der Waals surface area contributed by atoms with Crippen LogP contribution in [0.1, 0.15) is 16.7 Å². The fourth-order valence-corrected chi connectivity index (χ4v) is 2.23. The van der Waals surface area contributed by atoms with Gasteiger partial charge < -0.3 is 5.73 Å². The molecule has 3 rings (SSSR count). The molecule has 0 spiro atoms. The summed E-state index contributed by atoms with van der Waals surface area (Å²) >= 11 is 0. The van der Waals surface area contributed by atoms with Gasteiger partial charge in [-0.25, -0.2) is 0 Å². The van der Waals surface area contributed by atoms with E-state index in [1.54, 1.807) is 0 Å². The minimum Gasteiger partial charge on any atom is -0.326 e. The molecule has 2 N–H and O–H groups in total. The maximum atomic E-state index is 5.61. The summed E-state index contributed by atoms with van der Waals surface area (Å²) in [6.45, 7) is 0.598. The normalized spacial score (nSPS) is 12.8. The lowest BCUT2D eigenvalue weighted by molar-refractivity contribution is 1.07. The maximum absolute atomic E-state index is 5.61. The van der Waals surface area contributed by atoms with E-state index in [0.717, 1.165) is 0 Å². The summed E-state index contributed by atoms with van der Waals surface area (Å²) in [5.74, 6) is 0. The van der Waals surface area contributed by atoms with Crippen molar-refractivity contribution in [2.45, 2.75) is 6.54 Å². The van der Waals surface area contributed by atoms with Gasteiger partial charge in [-0.1, -0.05) is 54.6 Å². The average molecular weight is 220 g/mol. The molecule has 17 heavy (non-hydrogen) atoms. The monoisotopic (exact) mass is 220 g/mol. The predicted molar refractivity (Wildman–Crippen MR) is 72.2 cm³/mol. The van der Waals surface area contributed by atoms with Gasteiger partial charge in [-0.05, 0) is 27.8 Å². The fourth-order valence-electron chi connectivity index (χ4n) is 2.23. The van der Waals surface area contributed by atoms with E-state index in [-0.39, 0.29) is 0 Å². The highest BCUT2D eigenvalue weighted by atomic mass is 14.5. The Morgan fingerprint density at radius 1 is 0.941 bits per heavy atom. The summed E-state index contributed by atoms with van der Waals surface area (Å²) in [7, 11) is 0. The first kappa shape index (κ1) is 10.3. The second-order valence-corrected chi connectivity index (χ2v) is 4.24. The van der Waals surface area contributed by atoms with E-state index in [0.29, 0.717) is 6.54 Å². The number of rotatable bonds is 2. The summed E-state index contributed by atoms with van der Waals surface area (Å²) in [4.78, 5) is 0. The topological polar surface area (TPSA) is 26.0 Å². The van der Waals surface area contributed by atoms with Crippen LogP contribution >= 0.6 is 0 Å². The summed E-state index contributed by atoms with van der Waals surface area (Å²) in [5.41, 5.74) is 11.9. The molecule has 1 radical (unpaired) electrons. The molecule has 0 bridgehead atoms. The van der Waals surface area contributed by atoms with E-state index in [9.17, 15) is 0 Å². The van der Waals surface area contributed by atoms with Crippen LogP contribution in [0.3, 0.4) is 0 Å². The Morgan fingerprint density at radius 3 is 2.53 bits per heavy atom. The minimum atomic E-state index is 0.598. The van der Waals surface area contributed by atoms with Gasteiger partial charge in [0, 0.05) is 13.0 Å². The SMILES string of the molecule is NCc1ccc(-c2cccc3c2C=C[CH]3)cc1. The molecule has 2 aromatic carbocycles. The van der Waals surface area contributed by atoms with Crippen molar-refractivity contribution in [3.8, 4) is 11.1 Å². The summed E-state index contributed by atoms with van der Waals surface area (Å²) in [6, 6.07) is 14.9. The molecule has 2 aromatic rings. The lowest BCUT2D eigenvalue weighted by Gasteiger charge is -2.08. The Morgan fingerprint density at radius 2 is 1.76 bits per heavy atom. The molecule has 0 amide bonds. The maximum Gasteiger partial charge on any atom is 0.0178 e. The van der Waals surface area contributed by atoms with Crippen LogP contribution in [0.5, 0.6) is 0 Å². The first-order chi connectivity index (χ1) is 8.38. The summed E-state index contributed by atoms with van der Waals surface area (Å²) in [5, 5.41) is 0. The molecule has 1 aliphatic rings. The third kappa shape index (κ3) is 1.79. The minimum absolute atomic E-state index is 0.598. The van der Waals surface area contributed by atoms with Crippen LogP contribution in [-0.2, 0) is 6.54 Å². The van der Waals surface area contributed by atoms with E-state index in [2.05, 4.69) is 61.0 Å². The van der Waals surface area contributed by atoms with Gasteiger partial charge in [0.05, 0.1) is 0 Å². The average Bonchev–Trinajstić information content (AvgIpc) is 2.87. The number of allylic oxidation sites excluding steroid dienone is 1. The standard InChI is InChI=1S/C16H14N/c17-11-12-7-9-14(10-8-12)16-6-2-4-13-3-1-5-15(13)16/h1-10H,11,17H2. The van der Waals surface area contributed by atoms with Crippen molar-refractivity contribution in [3.05, 3.63) is 71.7 Å². The molecule has 1 heteroatoms. The highest BCUT2D eigenvalue weighted by Gasteiger charge is 2.10. The fraction of sp³-hybridized carbons (Fsp3) is 0.0625. The number of hydrogen-bond acceptors (Lipinski definition) is 1. The quantitative estimate of drug-likeness (QED) is 0.824. The van der Waals surface area contributed by atoms with Gasteiger partial charge in [0.2, 0.25) is 0 Å². The smallest absolute Gasteiger partial charge is 0.0178 e. The number of nitrogens with two attached hydrogens (primary N) is 1. The van der Waals surface area contributed by atoms with Crippen molar-refractivity contribution in [2.24, 2.45) is 5.73 Å². The van der Waals surface area contributed by atoms with Crippen LogP contribution < -0.4 is 5.73 Å². The van der Waals surface area contributed by atoms with Crippen LogP contribution in [0.15, 0.2) is 48.5 Å². The molecular formula is C16H14N. The van der Waals surface area contributed by atoms with Crippen molar-refractivity contribution in [2.75, 3.05) is 0 Å². The number of benzene rings is 2. The van der Waals surface area contributed by atoms with Crippen LogP contribution in [-0.4, -0.2) is 0 Å². The Bertz CT molecular complexity index is 565. The second kappa shape index (κ2) is 4.19. The molecule has 0 unspecified atom stereocenters. The summed E-state index contributed by atoms with van der Waals surface area (Å²) < 4.78 is 0. The molecule has 0 saturated carbocycles. The lowest BCUT2D eigenvalue weighted by atomic mass is 9.96. The molecule has 0 heterocycles. The zero-order valence-corrected chi connectivity index (χ0v) is 9.56. The zero-order valence-electron chi connectivity index (χ0n) is 9.56. The Hall–Kier alpha value is -1.86. The second-order valence-electron chi connectivity index (χ2n) is 4.24. The first-order valence-corrected chi connectivity index (χ1v) is 5.82. The van der Waals surface area contributed by atoms with Gasteiger partial charge >= 0.3 is 0 Å². The van der Waals surface area contributed by atoms with Gasteiger partial charge in [0.15, 0.2) is 0 Å². The van der Waals surface area contributed by atoms with Gasteiger partial charge in [-0.15, -0.1) is 0 Å². The van der Waals surface area contributed by atoms with Crippen molar-refractivity contribution < 1.29 is 0 Å². The van der Waals surface area contributed by atoms with Gasteiger partial charge in [-0.3, -0.25) is 0 Å². The molecule has 0 atom stereocenters. The van der Waals surface area contributed by atoms with Crippen molar-refractivity contribution in [1.29, 1.82) is 0 Å². The van der Waals surface area contributed by atoms with E-state index in [4.69, 9.17) is 5.73 Å². The highest BCUT2D eigenvalue weighted by molar-refractivity contribution is 5.81. The molecule has 83 valence electrons. The van der Waals surface area contributed by atoms with E-state index < -0.39 is 0 Å². The molecule has 0 saturated heterocycles. The molecule has 0 aromatic heterocycles. The molecule has 1 aliphatic carbocycles. The Kier molecular flexibility index (Phi) is 2.54. The van der Waals surface area contributed by atoms with Gasteiger partial charge in [0.1, 0.15) is 0 Å². The van der Waals surface area contributed by atoms with Gasteiger partial charge in [0.25, 0.3) is 0 Å². The lowest BCUT2D eigenvalue weighted by Crippen LogP contribution is -1.95. The van der Waals surface area contributed by atoms with Crippen molar-refractivity contribution >= 4 is 6.08 Å². The number of hydrogen-bond donors (Lipinski definition) is 1. The van der Waals surface area contributed by atoms with Gasteiger partial charge in [-0.2, -0.15) is 0 Å². The molecule has 0 fully saturated rings. The molecule has 1 nitrogen and oxygen atoms in total. The van der Waals surface area contributed by atoms with E-state index in [1.165, 1.54) is 27.8 Å². The molecular weight excluding hydrogens is 206 g/mol. The largest absolute Gasteiger partial charge is 0.326 e. The highest BCUT2D eigenvalue weighted by Crippen LogP contribution is 2.31. The van der Waals surface area contributed by atoms with Crippen LogP contribution in [0.4, 0.5) is 0 Å². The summed E-state index contributed by atoms with van der Waals surface area (Å²) in [6.07, 6.45) is 6.41. The zero-order chi connectivity index (χ0) is 11.7. The van der Waals surface area contributed by atoms with Crippen molar-refractivity contribution in [3.63, 3.8) is 0 Å². The van der Waals surface area contributed by atoms with E-state index >= 15 is 0 Å². The van der Waals surface area contributed by atoms with Crippen LogP contribution in [0.25, 0.3) is 17.2 Å². The Balaban J connectivity index is 2.09. The molecule has 0 aliphatic heterocycles. The third-order valence-electron chi connectivity index (χ3n) is 3.18. The third-order valence-corrected chi connectivity index (χ3v) is 3.18. The first-order valence-electron chi connectivity index (χ1n) is 5.82. The van der Waals surface area contributed by atoms with Crippen LogP contribution in [0, 0.1) is 6.42 Å². The van der Waals surface area contributed by atoms with Crippen LogP contribution in [0.2, 0.25) is 0 Å². The van der Waals surface area contributed by atoms with Crippen molar-refractivity contribution in [1.82, 2.24) is 0 Å². The van der Waals surface area contributed by atoms with E-state index in [1.807, 2.05) is 0 Å². The number of fused-ring (bicyclic) bond motifs is 1. The Labute approximate surface area is 102 Å².